The van der Waals surface area contributed by atoms with E-state index in [9.17, 15) is 10.1 Å². The molecule has 0 saturated carbocycles. The van der Waals surface area contributed by atoms with Crippen LogP contribution in [0.4, 0.5) is 5.69 Å². The van der Waals surface area contributed by atoms with Gasteiger partial charge in [-0.05, 0) is 35.2 Å². The first-order valence-electron chi connectivity index (χ1n) is 5.76. The van der Waals surface area contributed by atoms with Crippen LogP contribution < -0.4 is 5.46 Å². The summed E-state index contributed by atoms with van der Waals surface area (Å²) >= 11 is 0. The topological polar surface area (TPSA) is 58.9 Å². The molecular formula is C14H9BN2O2. The van der Waals surface area contributed by atoms with Crippen molar-refractivity contribution < 1.29 is 4.92 Å². The molecule has 1 heterocycles. The third-order valence-electron chi connectivity index (χ3n) is 3.03. The number of nitrogens with zero attached hydrogens (tertiary/aromatic N) is 1. The largest absolute Gasteiger partial charge is 0.355 e. The van der Waals surface area contributed by atoms with E-state index < -0.39 is 4.92 Å². The number of hydrogen-bond acceptors (Lipinski definition) is 2. The van der Waals surface area contributed by atoms with Gasteiger partial charge < -0.3 is 4.98 Å². The molecule has 5 heteroatoms. The van der Waals surface area contributed by atoms with Crippen LogP contribution in [0.1, 0.15) is 0 Å². The van der Waals surface area contributed by atoms with E-state index in [4.69, 9.17) is 7.85 Å². The lowest BCUT2D eigenvalue weighted by Gasteiger charge is -1.97. The molecule has 2 radical (unpaired) electrons. The maximum Gasteiger partial charge on any atom is 0.269 e. The van der Waals surface area contributed by atoms with Crippen LogP contribution >= 0.6 is 0 Å². The highest BCUT2D eigenvalue weighted by Crippen LogP contribution is 2.25. The Hall–Kier alpha value is -2.56. The molecule has 90 valence electrons. The van der Waals surface area contributed by atoms with Crippen molar-refractivity contribution in [2.75, 3.05) is 0 Å². The number of H-pyrrole nitrogens is 1. The molecule has 3 rings (SSSR count). The number of rotatable bonds is 2. The minimum Gasteiger partial charge on any atom is -0.355 e. The fourth-order valence-electron chi connectivity index (χ4n) is 2.07. The lowest BCUT2D eigenvalue weighted by atomic mass is 9.95. The molecule has 0 amide bonds. The number of nitrogens with one attached hydrogen (secondary N) is 1. The highest BCUT2D eigenvalue weighted by molar-refractivity contribution is 6.33. The van der Waals surface area contributed by atoms with Crippen molar-refractivity contribution >= 4 is 29.9 Å². The van der Waals surface area contributed by atoms with Crippen molar-refractivity contribution in [2.24, 2.45) is 0 Å². The molecule has 0 atom stereocenters. The summed E-state index contributed by atoms with van der Waals surface area (Å²) in [6, 6.07) is 14.1. The van der Waals surface area contributed by atoms with Crippen molar-refractivity contribution in [1.82, 2.24) is 4.98 Å². The Balaban J connectivity index is 2.06. The molecule has 0 unspecified atom stereocenters. The zero-order valence-corrected chi connectivity index (χ0v) is 9.96. The molecule has 19 heavy (non-hydrogen) atoms. The van der Waals surface area contributed by atoms with Gasteiger partial charge in [-0.1, -0.05) is 17.6 Å². The number of benzene rings is 2. The maximum absolute atomic E-state index is 10.6. The van der Waals surface area contributed by atoms with Crippen LogP contribution in [-0.4, -0.2) is 17.8 Å². The van der Waals surface area contributed by atoms with Gasteiger partial charge in [0.2, 0.25) is 0 Å². The fraction of sp³-hybridized carbons (Fsp3) is 0. The summed E-state index contributed by atoms with van der Waals surface area (Å²) in [7, 11) is 5.74. The van der Waals surface area contributed by atoms with E-state index in [1.165, 1.54) is 12.1 Å². The molecule has 0 aliphatic rings. The second-order valence-electron chi connectivity index (χ2n) is 4.33. The average Bonchev–Trinajstić information content (AvgIpc) is 2.81. The van der Waals surface area contributed by atoms with Crippen LogP contribution in [-0.2, 0) is 0 Å². The quantitative estimate of drug-likeness (QED) is 0.430. The molecule has 0 spiro atoms. The van der Waals surface area contributed by atoms with Gasteiger partial charge in [-0.15, -0.1) is 0 Å². The van der Waals surface area contributed by atoms with Crippen molar-refractivity contribution in [3.05, 3.63) is 58.6 Å². The maximum atomic E-state index is 10.6. The van der Waals surface area contributed by atoms with Crippen molar-refractivity contribution in [3.8, 4) is 11.3 Å². The molecule has 0 aliphatic heterocycles. The predicted molar refractivity (Wildman–Crippen MR) is 75.8 cm³/mol. The van der Waals surface area contributed by atoms with Crippen LogP contribution in [0.25, 0.3) is 22.2 Å². The summed E-state index contributed by atoms with van der Waals surface area (Å²) in [5.74, 6) is 0. The first-order chi connectivity index (χ1) is 9.13. The van der Waals surface area contributed by atoms with E-state index in [1.807, 2.05) is 24.3 Å². The molecule has 4 nitrogen and oxygen atoms in total. The lowest BCUT2D eigenvalue weighted by molar-refractivity contribution is -0.384. The van der Waals surface area contributed by atoms with Crippen molar-refractivity contribution in [1.29, 1.82) is 0 Å². The van der Waals surface area contributed by atoms with Gasteiger partial charge in [-0.2, -0.15) is 0 Å². The third kappa shape index (κ3) is 2.10. The van der Waals surface area contributed by atoms with Gasteiger partial charge in [-0.3, -0.25) is 10.1 Å². The summed E-state index contributed by atoms with van der Waals surface area (Å²) < 4.78 is 0. The molecule has 0 fully saturated rings. The first-order valence-corrected chi connectivity index (χ1v) is 5.76. The van der Waals surface area contributed by atoms with Crippen LogP contribution in [0.2, 0.25) is 0 Å². The highest BCUT2D eigenvalue weighted by atomic mass is 16.6. The summed E-state index contributed by atoms with van der Waals surface area (Å²) in [5.41, 5.74) is 3.60. The van der Waals surface area contributed by atoms with Gasteiger partial charge in [0.25, 0.3) is 5.69 Å². The van der Waals surface area contributed by atoms with Gasteiger partial charge >= 0.3 is 0 Å². The molecule has 1 aromatic heterocycles. The number of aromatic nitrogens is 1. The Morgan fingerprint density at radius 2 is 1.79 bits per heavy atom. The van der Waals surface area contributed by atoms with Crippen molar-refractivity contribution in [3.63, 3.8) is 0 Å². The van der Waals surface area contributed by atoms with Gasteiger partial charge in [0.1, 0.15) is 7.85 Å². The second-order valence-corrected chi connectivity index (χ2v) is 4.33. The van der Waals surface area contributed by atoms with Gasteiger partial charge in [0.05, 0.1) is 4.92 Å². The lowest BCUT2D eigenvalue weighted by Crippen LogP contribution is -1.98. The third-order valence-corrected chi connectivity index (χ3v) is 3.03. The fourth-order valence-corrected chi connectivity index (χ4v) is 2.07. The van der Waals surface area contributed by atoms with E-state index in [2.05, 4.69) is 4.98 Å². The van der Waals surface area contributed by atoms with E-state index in [-0.39, 0.29) is 5.69 Å². The van der Waals surface area contributed by atoms with E-state index in [0.29, 0.717) is 5.46 Å². The number of fused-ring (bicyclic) bond motifs is 1. The molecule has 0 bridgehead atoms. The standard InChI is InChI=1S/C14H9BN2O2/c15-11-3-6-13-10(7-11)8-14(16-13)9-1-4-12(5-2-9)17(18)19/h1-8,16H. The summed E-state index contributed by atoms with van der Waals surface area (Å²) in [4.78, 5) is 13.5. The second kappa shape index (κ2) is 4.28. The van der Waals surface area contributed by atoms with E-state index in [0.717, 1.165) is 22.2 Å². The van der Waals surface area contributed by atoms with Gasteiger partial charge in [0.15, 0.2) is 0 Å². The molecule has 3 aromatic rings. The zero-order valence-electron chi connectivity index (χ0n) is 9.96. The number of aromatic amines is 1. The average molecular weight is 248 g/mol. The van der Waals surface area contributed by atoms with E-state index >= 15 is 0 Å². The minimum absolute atomic E-state index is 0.0871. The highest BCUT2D eigenvalue weighted by Gasteiger charge is 2.07. The summed E-state index contributed by atoms with van der Waals surface area (Å²) in [5, 5.41) is 11.6. The van der Waals surface area contributed by atoms with Gasteiger partial charge in [-0.25, -0.2) is 0 Å². The molecular weight excluding hydrogens is 239 g/mol. The van der Waals surface area contributed by atoms with Crippen LogP contribution in [0.15, 0.2) is 48.5 Å². The molecule has 1 N–H and O–H groups in total. The Morgan fingerprint density at radius 1 is 1.05 bits per heavy atom. The number of nitro benzene ring substituents is 1. The Kier molecular flexibility index (Phi) is 2.60. The molecule has 0 aliphatic carbocycles. The van der Waals surface area contributed by atoms with Gasteiger partial charge in [0, 0.05) is 23.3 Å². The Bertz CT molecular complexity index is 763. The Morgan fingerprint density at radius 3 is 2.47 bits per heavy atom. The molecule has 0 saturated heterocycles. The SMILES string of the molecule is [B]c1ccc2[nH]c(-c3ccc([N+](=O)[O-])cc3)cc2c1. The predicted octanol–water partition coefficient (Wildman–Crippen LogP) is 2.54. The van der Waals surface area contributed by atoms with Crippen molar-refractivity contribution in [2.45, 2.75) is 0 Å². The van der Waals surface area contributed by atoms with Crippen LogP contribution in [0, 0.1) is 10.1 Å². The smallest absolute Gasteiger partial charge is 0.269 e. The van der Waals surface area contributed by atoms with Crippen LogP contribution in [0.3, 0.4) is 0 Å². The van der Waals surface area contributed by atoms with E-state index in [1.54, 1.807) is 12.1 Å². The minimum atomic E-state index is -0.407. The first kappa shape index (κ1) is 11.5. The Labute approximate surface area is 110 Å². The summed E-state index contributed by atoms with van der Waals surface area (Å²) in [6.45, 7) is 0. The monoisotopic (exact) mass is 248 g/mol. The number of non-ortho nitro benzene ring substituents is 1. The zero-order chi connectivity index (χ0) is 13.4. The normalized spacial score (nSPS) is 10.7. The van der Waals surface area contributed by atoms with Crippen LogP contribution in [0.5, 0.6) is 0 Å². The number of nitro groups is 1. The molecule has 2 aromatic carbocycles. The number of hydrogen-bond donors (Lipinski definition) is 1. The summed E-state index contributed by atoms with van der Waals surface area (Å²) in [6.07, 6.45) is 0.